The van der Waals surface area contributed by atoms with Crippen molar-refractivity contribution in [2.45, 2.75) is 40.5 Å². The Morgan fingerprint density at radius 1 is 1.24 bits per heavy atom. The van der Waals surface area contributed by atoms with Gasteiger partial charge in [-0.3, -0.25) is 9.79 Å². The van der Waals surface area contributed by atoms with Crippen LogP contribution in [0.25, 0.3) is 0 Å². The molecular weight excluding hydrogens is 431 g/mol. The summed E-state index contributed by atoms with van der Waals surface area (Å²) in [6.07, 6.45) is 2.26. The Morgan fingerprint density at radius 2 is 1.92 bits per heavy atom. The lowest BCUT2D eigenvalue weighted by molar-refractivity contribution is -0.145. The number of hydrogen-bond acceptors (Lipinski definition) is 4. The molecule has 0 bridgehead atoms. The highest BCUT2D eigenvalue weighted by Crippen LogP contribution is 2.24. The standard InChI is InChI=1S/C18H36N4O2.HI/c1-6-19-18(20-11-9-10-12-21(7-2)8-3)22-13-15(4)16(14-22)17(23)24-5;/h15-16H,6-14H2,1-5H3,(H,19,20);1H. The minimum Gasteiger partial charge on any atom is -0.469 e. The van der Waals surface area contributed by atoms with Crippen LogP contribution in [0.5, 0.6) is 0 Å². The van der Waals surface area contributed by atoms with E-state index in [0.717, 1.165) is 51.6 Å². The highest BCUT2D eigenvalue weighted by atomic mass is 127. The lowest BCUT2D eigenvalue weighted by Gasteiger charge is -2.21. The van der Waals surface area contributed by atoms with Gasteiger partial charge in [-0.1, -0.05) is 20.8 Å². The van der Waals surface area contributed by atoms with Crippen LogP contribution in [-0.2, 0) is 9.53 Å². The summed E-state index contributed by atoms with van der Waals surface area (Å²) >= 11 is 0. The van der Waals surface area contributed by atoms with Gasteiger partial charge in [-0.05, 0) is 45.3 Å². The summed E-state index contributed by atoms with van der Waals surface area (Å²) in [4.78, 5) is 21.3. The van der Waals surface area contributed by atoms with Crippen LogP contribution >= 0.6 is 24.0 Å². The maximum atomic E-state index is 11.9. The summed E-state index contributed by atoms with van der Waals surface area (Å²) in [5, 5.41) is 3.36. The fraction of sp³-hybridized carbons (Fsp3) is 0.889. The first-order valence-corrected chi connectivity index (χ1v) is 9.40. The maximum absolute atomic E-state index is 11.9. The highest BCUT2D eigenvalue weighted by molar-refractivity contribution is 14.0. The third kappa shape index (κ3) is 8.11. The van der Waals surface area contributed by atoms with Crippen LogP contribution < -0.4 is 5.32 Å². The van der Waals surface area contributed by atoms with E-state index in [0.29, 0.717) is 12.5 Å². The number of carbonyl (C=O) groups excluding carboxylic acids is 1. The van der Waals surface area contributed by atoms with Crippen LogP contribution in [-0.4, -0.2) is 74.7 Å². The molecule has 0 spiro atoms. The third-order valence-electron chi connectivity index (χ3n) is 4.79. The minimum absolute atomic E-state index is 0. The lowest BCUT2D eigenvalue weighted by Crippen LogP contribution is -2.40. The van der Waals surface area contributed by atoms with Gasteiger partial charge in [-0.25, -0.2) is 0 Å². The SMILES string of the molecule is CCNC(=NCCCCN(CC)CC)N1CC(C)C(C(=O)OC)C1.I. The first-order chi connectivity index (χ1) is 11.6. The topological polar surface area (TPSA) is 57.2 Å². The van der Waals surface area contributed by atoms with Crippen LogP contribution in [0.1, 0.15) is 40.5 Å². The maximum Gasteiger partial charge on any atom is 0.310 e. The van der Waals surface area contributed by atoms with Crippen LogP contribution in [0.4, 0.5) is 0 Å². The Labute approximate surface area is 170 Å². The van der Waals surface area contributed by atoms with Gasteiger partial charge in [0, 0.05) is 26.2 Å². The zero-order chi connectivity index (χ0) is 17.9. The molecular formula is C18H37IN4O2. The van der Waals surface area contributed by atoms with Gasteiger partial charge in [0.15, 0.2) is 5.96 Å². The summed E-state index contributed by atoms with van der Waals surface area (Å²) in [5.74, 6) is 1.06. The fourth-order valence-corrected chi connectivity index (χ4v) is 3.20. The van der Waals surface area contributed by atoms with Gasteiger partial charge in [0.2, 0.25) is 0 Å². The number of methoxy groups -OCH3 is 1. The number of hydrogen-bond donors (Lipinski definition) is 1. The van der Waals surface area contributed by atoms with Crippen molar-refractivity contribution in [3.63, 3.8) is 0 Å². The average molecular weight is 468 g/mol. The summed E-state index contributed by atoms with van der Waals surface area (Å²) in [6.45, 7) is 15.2. The third-order valence-corrected chi connectivity index (χ3v) is 4.79. The molecule has 0 aromatic heterocycles. The number of unbranched alkanes of at least 4 members (excludes halogenated alkanes) is 1. The molecule has 0 aliphatic carbocycles. The van der Waals surface area contributed by atoms with E-state index in [-0.39, 0.29) is 35.9 Å². The molecule has 0 aromatic rings. The molecule has 1 N–H and O–H groups in total. The van der Waals surface area contributed by atoms with Gasteiger partial charge in [0.1, 0.15) is 0 Å². The normalized spacial score (nSPS) is 20.6. The molecule has 0 saturated carbocycles. The van der Waals surface area contributed by atoms with Gasteiger partial charge >= 0.3 is 5.97 Å². The molecule has 0 aromatic carbocycles. The zero-order valence-corrected chi connectivity index (χ0v) is 18.9. The molecule has 1 rings (SSSR count). The number of likely N-dealkylation sites (tertiary alicyclic amines) is 1. The molecule has 148 valence electrons. The van der Waals surface area contributed by atoms with Crippen molar-refractivity contribution in [2.75, 3.05) is 52.9 Å². The van der Waals surface area contributed by atoms with E-state index in [1.54, 1.807) is 0 Å². The number of esters is 1. The lowest BCUT2D eigenvalue weighted by atomic mass is 9.99. The van der Waals surface area contributed by atoms with Crippen LogP contribution in [0.3, 0.4) is 0 Å². The largest absolute Gasteiger partial charge is 0.469 e. The van der Waals surface area contributed by atoms with Gasteiger partial charge in [0.05, 0.1) is 13.0 Å². The molecule has 1 fully saturated rings. The molecule has 0 amide bonds. The molecule has 1 saturated heterocycles. The minimum atomic E-state index is -0.111. The molecule has 2 atom stereocenters. The molecule has 7 heteroatoms. The molecule has 2 unspecified atom stereocenters. The number of aliphatic imine (C=N–C) groups is 1. The van der Waals surface area contributed by atoms with Crippen molar-refractivity contribution < 1.29 is 9.53 Å². The molecule has 6 nitrogen and oxygen atoms in total. The molecule has 1 aliphatic heterocycles. The molecule has 1 heterocycles. The van der Waals surface area contributed by atoms with Crippen molar-refractivity contribution >= 4 is 35.9 Å². The number of nitrogens with zero attached hydrogens (tertiary/aromatic N) is 3. The number of carbonyl (C=O) groups is 1. The van der Waals surface area contributed by atoms with Crippen LogP contribution in [0.15, 0.2) is 4.99 Å². The molecule has 1 aliphatic rings. The predicted molar refractivity (Wildman–Crippen MR) is 115 cm³/mol. The average Bonchev–Trinajstić information content (AvgIpc) is 2.98. The van der Waals surface area contributed by atoms with Crippen LogP contribution in [0.2, 0.25) is 0 Å². The number of rotatable bonds is 9. The second-order valence-electron chi connectivity index (χ2n) is 6.48. The summed E-state index contributed by atoms with van der Waals surface area (Å²) in [5.41, 5.74) is 0. The quantitative estimate of drug-likeness (QED) is 0.185. The van der Waals surface area contributed by atoms with Gasteiger partial charge in [-0.2, -0.15) is 0 Å². The first-order valence-electron chi connectivity index (χ1n) is 9.40. The zero-order valence-electron chi connectivity index (χ0n) is 16.6. The highest BCUT2D eigenvalue weighted by Gasteiger charge is 2.36. The van der Waals surface area contributed by atoms with E-state index in [1.165, 1.54) is 13.5 Å². The van der Waals surface area contributed by atoms with E-state index in [1.807, 2.05) is 0 Å². The number of ether oxygens (including phenoxy) is 1. The number of guanidine groups is 1. The molecule has 25 heavy (non-hydrogen) atoms. The van der Waals surface area contributed by atoms with E-state index < -0.39 is 0 Å². The molecule has 0 radical (unpaired) electrons. The van der Waals surface area contributed by atoms with Crippen molar-refractivity contribution in [3.05, 3.63) is 0 Å². The first kappa shape index (κ1) is 24.4. The summed E-state index contributed by atoms with van der Waals surface area (Å²) in [6, 6.07) is 0. The summed E-state index contributed by atoms with van der Waals surface area (Å²) < 4.78 is 4.92. The summed E-state index contributed by atoms with van der Waals surface area (Å²) in [7, 11) is 1.47. The smallest absolute Gasteiger partial charge is 0.310 e. The monoisotopic (exact) mass is 468 g/mol. The van der Waals surface area contributed by atoms with Gasteiger partial charge < -0.3 is 19.9 Å². The van der Waals surface area contributed by atoms with Gasteiger partial charge in [0.25, 0.3) is 0 Å². The van der Waals surface area contributed by atoms with E-state index in [2.05, 4.69) is 42.8 Å². The van der Waals surface area contributed by atoms with Gasteiger partial charge in [-0.15, -0.1) is 24.0 Å². The second-order valence-corrected chi connectivity index (χ2v) is 6.48. The number of halogens is 1. The van der Waals surface area contributed by atoms with Crippen molar-refractivity contribution in [3.8, 4) is 0 Å². The fourth-order valence-electron chi connectivity index (χ4n) is 3.20. The van der Waals surface area contributed by atoms with Crippen molar-refractivity contribution in [2.24, 2.45) is 16.8 Å². The van der Waals surface area contributed by atoms with Crippen molar-refractivity contribution in [1.82, 2.24) is 15.1 Å². The Hall–Kier alpha value is -0.570. The second kappa shape index (κ2) is 13.6. The Bertz CT molecular complexity index is 403. The Kier molecular flexibility index (Phi) is 13.3. The van der Waals surface area contributed by atoms with E-state index >= 15 is 0 Å². The predicted octanol–water partition coefficient (Wildman–Crippen LogP) is 2.43. The Balaban J connectivity index is 0.00000576. The Morgan fingerprint density at radius 3 is 2.48 bits per heavy atom. The van der Waals surface area contributed by atoms with E-state index in [4.69, 9.17) is 9.73 Å². The van der Waals surface area contributed by atoms with Crippen molar-refractivity contribution in [1.29, 1.82) is 0 Å². The van der Waals surface area contributed by atoms with Crippen LogP contribution in [0, 0.1) is 11.8 Å². The van der Waals surface area contributed by atoms with E-state index in [9.17, 15) is 4.79 Å². The number of nitrogens with one attached hydrogen (secondary N) is 1.